The molecule has 1 heterocycles. The maximum absolute atomic E-state index is 5.94. The van der Waals surface area contributed by atoms with Gasteiger partial charge in [-0.3, -0.25) is 0 Å². The molecule has 0 bridgehead atoms. The second-order valence-electron chi connectivity index (χ2n) is 4.76. The van der Waals surface area contributed by atoms with Crippen LogP contribution in [0.5, 0.6) is 0 Å². The Kier molecular flexibility index (Phi) is 6.61. The SMILES string of the molecule is Clc1ccc(C2CNCCNCCNCCN2)cc1. The van der Waals surface area contributed by atoms with Gasteiger partial charge in [0, 0.05) is 56.9 Å². The fourth-order valence-corrected chi connectivity index (χ4v) is 2.31. The molecular weight excluding hydrogens is 260 g/mol. The summed E-state index contributed by atoms with van der Waals surface area (Å²) in [5, 5.41) is 14.7. The summed E-state index contributed by atoms with van der Waals surface area (Å²) < 4.78 is 0. The lowest BCUT2D eigenvalue weighted by Crippen LogP contribution is -2.41. The van der Waals surface area contributed by atoms with Crippen molar-refractivity contribution in [2.75, 3.05) is 45.8 Å². The van der Waals surface area contributed by atoms with Crippen molar-refractivity contribution in [2.24, 2.45) is 0 Å². The first kappa shape index (κ1) is 14.8. The molecule has 0 aliphatic carbocycles. The highest BCUT2D eigenvalue weighted by Gasteiger charge is 2.10. The lowest BCUT2D eigenvalue weighted by molar-refractivity contribution is 0.464. The highest BCUT2D eigenvalue weighted by atomic mass is 35.5. The molecule has 0 spiro atoms. The predicted molar refractivity (Wildman–Crippen MR) is 80.8 cm³/mol. The van der Waals surface area contributed by atoms with Crippen molar-refractivity contribution in [1.29, 1.82) is 0 Å². The standard InChI is InChI=1S/C14H23ClN4/c15-13-3-1-12(2-4-13)14-11-18-8-7-16-5-6-17-9-10-19-14/h1-4,14,16-19H,5-11H2. The lowest BCUT2D eigenvalue weighted by atomic mass is 10.1. The zero-order chi connectivity index (χ0) is 13.3. The van der Waals surface area contributed by atoms with Crippen LogP contribution in [-0.2, 0) is 0 Å². The maximum Gasteiger partial charge on any atom is 0.0447 e. The van der Waals surface area contributed by atoms with Gasteiger partial charge >= 0.3 is 0 Å². The second kappa shape index (κ2) is 8.51. The number of nitrogens with one attached hydrogen (secondary N) is 4. The summed E-state index contributed by atoms with van der Waals surface area (Å²) in [7, 11) is 0. The summed E-state index contributed by atoms with van der Waals surface area (Å²) in [6.45, 7) is 6.94. The molecule has 1 fully saturated rings. The van der Waals surface area contributed by atoms with E-state index < -0.39 is 0 Å². The van der Waals surface area contributed by atoms with Crippen LogP contribution in [0.3, 0.4) is 0 Å². The fourth-order valence-electron chi connectivity index (χ4n) is 2.19. The molecule has 0 aromatic heterocycles. The van der Waals surface area contributed by atoms with Gasteiger partial charge < -0.3 is 21.3 Å². The molecule has 5 heteroatoms. The van der Waals surface area contributed by atoms with Crippen LogP contribution in [0.25, 0.3) is 0 Å². The van der Waals surface area contributed by atoms with Gasteiger partial charge in [-0.2, -0.15) is 0 Å². The Bertz CT molecular complexity index is 343. The van der Waals surface area contributed by atoms with Crippen molar-refractivity contribution in [3.05, 3.63) is 34.9 Å². The molecule has 2 rings (SSSR count). The molecule has 1 saturated heterocycles. The monoisotopic (exact) mass is 282 g/mol. The number of hydrogen-bond acceptors (Lipinski definition) is 4. The van der Waals surface area contributed by atoms with E-state index in [1.165, 1.54) is 5.56 Å². The third-order valence-electron chi connectivity index (χ3n) is 3.27. The van der Waals surface area contributed by atoms with E-state index >= 15 is 0 Å². The minimum atomic E-state index is 0.332. The zero-order valence-corrected chi connectivity index (χ0v) is 12.0. The van der Waals surface area contributed by atoms with Gasteiger partial charge in [0.1, 0.15) is 0 Å². The van der Waals surface area contributed by atoms with Crippen LogP contribution in [0, 0.1) is 0 Å². The first-order chi connectivity index (χ1) is 9.36. The van der Waals surface area contributed by atoms with Crippen molar-refractivity contribution in [3.63, 3.8) is 0 Å². The first-order valence-corrected chi connectivity index (χ1v) is 7.35. The quantitative estimate of drug-likeness (QED) is 0.614. The van der Waals surface area contributed by atoms with E-state index in [-0.39, 0.29) is 0 Å². The van der Waals surface area contributed by atoms with Crippen molar-refractivity contribution < 1.29 is 0 Å². The molecule has 1 aliphatic heterocycles. The summed E-state index contributed by atoms with van der Waals surface area (Å²) in [6.07, 6.45) is 0. The molecule has 4 N–H and O–H groups in total. The Balaban J connectivity index is 1.92. The lowest BCUT2D eigenvalue weighted by Gasteiger charge is -2.21. The van der Waals surface area contributed by atoms with Crippen molar-refractivity contribution in [3.8, 4) is 0 Å². The Morgan fingerprint density at radius 3 is 2.05 bits per heavy atom. The molecule has 1 atom stereocenters. The summed E-state index contributed by atoms with van der Waals surface area (Å²) in [4.78, 5) is 0. The Labute approximate surface area is 120 Å². The summed E-state index contributed by atoms with van der Waals surface area (Å²) >= 11 is 5.94. The Hall–Kier alpha value is -0.650. The van der Waals surface area contributed by atoms with E-state index in [0.29, 0.717) is 6.04 Å². The van der Waals surface area contributed by atoms with Gasteiger partial charge in [0.05, 0.1) is 0 Å². The molecule has 0 saturated carbocycles. The highest BCUT2D eigenvalue weighted by molar-refractivity contribution is 6.30. The van der Waals surface area contributed by atoms with Gasteiger partial charge in [-0.15, -0.1) is 0 Å². The van der Waals surface area contributed by atoms with Crippen molar-refractivity contribution in [1.82, 2.24) is 21.3 Å². The van der Waals surface area contributed by atoms with Crippen LogP contribution in [0.1, 0.15) is 11.6 Å². The first-order valence-electron chi connectivity index (χ1n) is 6.97. The topological polar surface area (TPSA) is 48.1 Å². The predicted octanol–water partition coefficient (Wildman–Crippen LogP) is 0.753. The summed E-state index contributed by atoms with van der Waals surface area (Å²) in [5.74, 6) is 0. The number of hydrogen-bond donors (Lipinski definition) is 4. The molecule has 1 aromatic carbocycles. The Morgan fingerprint density at radius 1 is 0.789 bits per heavy atom. The van der Waals surface area contributed by atoms with Crippen LogP contribution in [0.2, 0.25) is 5.02 Å². The van der Waals surface area contributed by atoms with Gasteiger partial charge in [0.15, 0.2) is 0 Å². The largest absolute Gasteiger partial charge is 0.314 e. The maximum atomic E-state index is 5.94. The zero-order valence-electron chi connectivity index (χ0n) is 11.2. The van der Waals surface area contributed by atoms with E-state index in [2.05, 4.69) is 33.4 Å². The van der Waals surface area contributed by atoms with Gasteiger partial charge in [0.25, 0.3) is 0 Å². The molecule has 1 unspecified atom stereocenters. The van der Waals surface area contributed by atoms with Crippen molar-refractivity contribution in [2.45, 2.75) is 6.04 Å². The average Bonchev–Trinajstić information content (AvgIpc) is 2.41. The van der Waals surface area contributed by atoms with Gasteiger partial charge in [-0.25, -0.2) is 0 Å². The van der Waals surface area contributed by atoms with Gasteiger partial charge in [0.2, 0.25) is 0 Å². The molecule has 0 radical (unpaired) electrons. The average molecular weight is 283 g/mol. The molecule has 0 amide bonds. The minimum absolute atomic E-state index is 0.332. The van der Waals surface area contributed by atoms with Crippen molar-refractivity contribution >= 4 is 11.6 Å². The fraction of sp³-hybridized carbons (Fsp3) is 0.571. The molecule has 1 aliphatic rings. The van der Waals surface area contributed by atoms with E-state index in [1.807, 2.05) is 12.1 Å². The van der Waals surface area contributed by atoms with E-state index in [1.54, 1.807) is 0 Å². The second-order valence-corrected chi connectivity index (χ2v) is 5.20. The molecular formula is C14H23ClN4. The van der Waals surface area contributed by atoms with Crippen LogP contribution >= 0.6 is 11.6 Å². The number of benzene rings is 1. The van der Waals surface area contributed by atoms with E-state index in [0.717, 1.165) is 50.8 Å². The van der Waals surface area contributed by atoms with Gasteiger partial charge in [-0.1, -0.05) is 23.7 Å². The third-order valence-corrected chi connectivity index (χ3v) is 3.52. The third kappa shape index (κ3) is 5.47. The summed E-state index contributed by atoms with van der Waals surface area (Å²) in [6, 6.07) is 8.43. The summed E-state index contributed by atoms with van der Waals surface area (Å²) in [5.41, 5.74) is 1.28. The number of rotatable bonds is 1. The normalized spacial score (nSPS) is 23.3. The molecule has 19 heavy (non-hydrogen) atoms. The Morgan fingerprint density at radius 2 is 1.37 bits per heavy atom. The van der Waals surface area contributed by atoms with Crippen LogP contribution in [0.4, 0.5) is 0 Å². The van der Waals surface area contributed by atoms with Gasteiger partial charge in [-0.05, 0) is 17.7 Å². The highest BCUT2D eigenvalue weighted by Crippen LogP contribution is 2.15. The van der Waals surface area contributed by atoms with E-state index in [9.17, 15) is 0 Å². The number of halogens is 1. The van der Waals surface area contributed by atoms with E-state index in [4.69, 9.17) is 11.6 Å². The minimum Gasteiger partial charge on any atom is -0.314 e. The molecule has 106 valence electrons. The van der Waals surface area contributed by atoms with Crippen LogP contribution in [-0.4, -0.2) is 45.8 Å². The van der Waals surface area contributed by atoms with Crippen LogP contribution < -0.4 is 21.3 Å². The molecule has 1 aromatic rings. The van der Waals surface area contributed by atoms with Crippen LogP contribution in [0.15, 0.2) is 24.3 Å². The molecule has 4 nitrogen and oxygen atoms in total. The smallest absolute Gasteiger partial charge is 0.0447 e.